The smallest absolute Gasteiger partial charge is 0.253 e. The van der Waals surface area contributed by atoms with Gasteiger partial charge in [0.2, 0.25) is 5.91 Å². The largest absolute Gasteiger partial charge is 0.379 e. The van der Waals surface area contributed by atoms with Crippen LogP contribution in [-0.2, 0) is 9.53 Å². The van der Waals surface area contributed by atoms with E-state index in [0.29, 0.717) is 10.6 Å². The van der Waals surface area contributed by atoms with Gasteiger partial charge in [-0.15, -0.1) is 0 Å². The van der Waals surface area contributed by atoms with Gasteiger partial charge in [0.15, 0.2) is 0 Å². The number of morpholine rings is 1. The van der Waals surface area contributed by atoms with Gasteiger partial charge in [-0.1, -0.05) is 37.6 Å². The number of nitrogens with one attached hydrogen (secondary N) is 2. The molecule has 26 heavy (non-hydrogen) atoms. The highest BCUT2D eigenvalue weighted by atomic mass is 35.5. The molecule has 2 atom stereocenters. The van der Waals surface area contributed by atoms with Crippen LogP contribution in [0.4, 0.5) is 0 Å². The van der Waals surface area contributed by atoms with Crippen LogP contribution in [0.2, 0.25) is 5.02 Å². The van der Waals surface area contributed by atoms with E-state index in [1.165, 1.54) is 0 Å². The number of benzene rings is 1. The number of halogens is 1. The van der Waals surface area contributed by atoms with E-state index in [4.69, 9.17) is 16.3 Å². The maximum atomic E-state index is 12.7. The number of rotatable bonds is 7. The summed E-state index contributed by atoms with van der Waals surface area (Å²) in [6.45, 7) is 9.74. The summed E-state index contributed by atoms with van der Waals surface area (Å²) < 4.78 is 5.34. The van der Waals surface area contributed by atoms with Crippen LogP contribution >= 0.6 is 11.6 Å². The first kappa shape index (κ1) is 20.7. The molecular formula is C19H28ClN3O3. The number of amides is 2. The van der Waals surface area contributed by atoms with E-state index in [0.717, 1.165) is 32.8 Å². The summed E-state index contributed by atoms with van der Waals surface area (Å²) >= 11 is 6.08. The Bertz CT molecular complexity index is 618. The zero-order chi connectivity index (χ0) is 19.1. The normalized spacial score (nSPS) is 17.6. The molecule has 1 aromatic carbocycles. The molecule has 1 aliphatic rings. The van der Waals surface area contributed by atoms with Gasteiger partial charge in [0, 0.05) is 25.7 Å². The molecule has 1 saturated heterocycles. The highest BCUT2D eigenvalue weighted by Crippen LogP contribution is 2.15. The molecular weight excluding hydrogens is 354 g/mol. The highest BCUT2D eigenvalue weighted by Gasteiger charge is 2.27. The van der Waals surface area contributed by atoms with Crippen LogP contribution in [0.1, 0.15) is 31.1 Å². The lowest BCUT2D eigenvalue weighted by molar-refractivity contribution is -0.124. The molecule has 2 N–H and O–H groups in total. The Kier molecular flexibility index (Phi) is 7.87. The van der Waals surface area contributed by atoms with Gasteiger partial charge in [-0.2, -0.15) is 0 Å². The fourth-order valence-corrected chi connectivity index (χ4v) is 3.17. The summed E-state index contributed by atoms with van der Waals surface area (Å²) in [5.41, 5.74) is 0.369. The fraction of sp³-hybridized carbons (Fsp3) is 0.579. The van der Waals surface area contributed by atoms with Crippen LogP contribution in [0.25, 0.3) is 0 Å². The van der Waals surface area contributed by atoms with Crippen molar-refractivity contribution in [1.29, 1.82) is 0 Å². The van der Waals surface area contributed by atoms with E-state index in [2.05, 4.69) is 15.5 Å². The minimum atomic E-state index is -0.620. The standard InChI is InChI=1S/C19H28ClN3O3/c1-13(2)17(22-18(24)15-6-4-5-7-16(15)20)19(25)21-14(3)12-23-8-10-26-11-9-23/h4-7,13-14,17H,8-12H2,1-3H3,(H,21,25)(H,22,24). The predicted molar refractivity (Wildman–Crippen MR) is 102 cm³/mol. The Balaban J connectivity index is 1.94. The lowest BCUT2D eigenvalue weighted by atomic mass is 10.0. The first-order valence-corrected chi connectivity index (χ1v) is 9.42. The summed E-state index contributed by atoms with van der Waals surface area (Å²) in [6, 6.07) is 6.18. The van der Waals surface area contributed by atoms with Crippen molar-refractivity contribution in [3.8, 4) is 0 Å². The molecule has 2 rings (SSSR count). The molecule has 2 amide bonds. The molecule has 0 radical (unpaired) electrons. The quantitative estimate of drug-likeness (QED) is 0.757. The second-order valence-corrected chi connectivity index (χ2v) is 7.40. The lowest BCUT2D eigenvalue weighted by Gasteiger charge is -2.30. The van der Waals surface area contributed by atoms with Gasteiger partial charge in [0.25, 0.3) is 5.91 Å². The number of nitrogens with zero attached hydrogens (tertiary/aromatic N) is 1. The predicted octanol–water partition coefficient (Wildman–Crippen LogP) is 1.93. The highest BCUT2D eigenvalue weighted by molar-refractivity contribution is 6.33. The third-order valence-electron chi connectivity index (χ3n) is 4.38. The Morgan fingerprint density at radius 2 is 1.81 bits per heavy atom. The molecule has 144 valence electrons. The second-order valence-electron chi connectivity index (χ2n) is 7.00. The molecule has 2 unspecified atom stereocenters. The van der Waals surface area contributed by atoms with Gasteiger partial charge >= 0.3 is 0 Å². The van der Waals surface area contributed by atoms with E-state index in [-0.39, 0.29) is 23.8 Å². The number of hydrogen-bond donors (Lipinski definition) is 2. The van der Waals surface area contributed by atoms with Gasteiger partial charge in [-0.25, -0.2) is 0 Å². The van der Waals surface area contributed by atoms with Gasteiger partial charge in [0.1, 0.15) is 6.04 Å². The molecule has 7 heteroatoms. The van der Waals surface area contributed by atoms with Crippen molar-refractivity contribution in [2.45, 2.75) is 32.9 Å². The topological polar surface area (TPSA) is 70.7 Å². The minimum Gasteiger partial charge on any atom is -0.379 e. The minimum absolute atomic E-state index is 0.0148. The average molecular weight is 382 g/mol. The Labute approximate surface area is 160 Å². The van der Waals surface area contributed by atoms with E-state index in [1.54, 1.807) is 24.3 Å². The maximum absolute atomic E-state index is 12.7. The van der Waals surface area contributed by atoms with E-state index in [9.17, 15) is 9.59 Å². The summed E-state index contributed by atoms with van der Waals surface area (Å²) in [6.07, 6.45) is 0. The second kappa shape index (κ2) is 9.90. The van der Waals surface area contributed by atoms with Crippen molar-refractivity contribution < 1.29 is 14.3 Å². The molecule has 1 heterocycles. The van der Waals surface area contributed by atoms with Crippen molar-refractivity contribution in [2.75, 3.05) is 32.8 Å². The molecule has 6 nitrogen and oxygen atoms in total. The Morgan fingerprint density at radius 1 is 1.15 bits per heavy atom. The third-order valence-corrected chi connectivity index (χ3v) is 4.71. The average Bonchev–Trinajstić information content (AvgIpc) is 2.60. The van der Waals surface area contributed by atoms with Crippen molar-refractivity contribution >= 4 is 23.4 Å². The van der Waals surface area contributed by atoms with Gasteiger partial charge in [-0.05, 0) is 25.0 Å². The summed E-state index contributed by atoms with van der Waals surface area (Å²) in [7, 11) is 0. The van der Waals surface area contributed by atoms with Crippen molar-refractivity contribution in [3.63, 3.8) is 0 Å². The number of carbonyl (C=O) groups excluding carboxylic acids is 2. The summed E-state index contributed by atoms with van der Waals surface area (Å²) in [5.74, 6) is -0.566. The monoisotopic (exact) mass is 381 g/mol. The number of carbonyl (C=O) groups is 2. The van der Waals surface area contributed by atoms with Crippen LogP contribution in [-0.4, -0.2) is 61.6 Å². The first-order valence-electron chi connectivity index (χ1n) is 9.04. The zero-order valence-corrected chi connectivity index (χ0v) is 16.4. The molecule has 1 aliphatic heterocycles. The fourth-order valence-electron chi connectivity index (χ4n) is 2.95. The molecule has 1 fully saturated rings. The van der Waals surface area contributed by atoms with Gasteiger partial charge in [0.05, 0.1) is 23.8 Å². The van der Waals surface area contributed by atoms with Gasteiger partial charge in [-0.3, -0.25) is 14.5 Å². The number of hydrogen-bond acceptors (Lipinski definition) is 4. The lowest BCUT2D eigenvalue weighted by Crippen LogP contribution is -2.54. The van der Waals surface area contributed by atoms with Crippen LogP contribution in [0, 0.1) is 5.92 Å². The van der Waals surface area contributed by atoms with Crippen molar-refractivity contribution in [3.05, 3.63) is 34.9 Å². The molecule has 0 aliphatic carbocycles. The molecule has 1 aromatic rings. The van der Waals surface area contributed by atoms with Gasteiger partial charge < -0.3 is 15.4 Å². The van der Waals surface area contributed by atoms with Crippen LogP contribution < -0.4 is 10.6 Å². The maximum Gasteiger partial charge on any atom is 0.253 e. The van der Waals surface area contributed by atoms with Crippen LogP contribution in [0.15, 0.2) is 24.3 Å². The third kappa shape index (κ3) is 5.97. The van der Waals surface area contributed by atoms with Crippen molar-refractivity contribution in [1.82, 2.24) is 15.5 Å². The molecule has 0 saturated carbocycles. The van der Waals surface area contributed by atoms with Crippen LogP contribution in [0.3, 0.4) is 0 Å². The molecule has 0 aromatic heterocycles. The Morgan fingerprint density at radius 3 is 2.42 bits per heavy atom. The van der Waals surface area contributed by atoms with Crippen molar-refractivity contribution in [2.24, 2.45) is 5.92 Å². The van der Waals surface area contributed by atoms with E-state index in [1.807, 2.05) is 20.8 Å². The van der Waals surface area contributed by atoms with Crippen LogP contribution in [0.5, 0.6) is 0 Å². The summed E-state index contributed by atoms with van der Waals surface area (Å²) in [5, 5.41) is 6.19. The Hall–Kier alpha value is -1.63. The number of ether oxygens (including phenoxy) is 1. The molecule has 0 bridgehead atoms. The SMILES string of the molecule is CC(CN1CCOCC1)NC(=O)C(NC(=O)c1ccccc1Cl)C(C)C. The zero-order valence-electron chi connectivity index (χ0n) is 15.6. The molecule has 0 spiro atoms. The first-order chi connectivity index (χ1) is 12.4. The summed E-state index contributed by atoms with van der Waals surface area (Å²) in [4.78, 5) is 27.4. The van der Waals surface area contributed by atoms with E-state index >= 15 is 0 Å². The van der Waals surface area contributed by atoms with E-state index < -0.39 is 6.04 Å².